The Labute approximate surface area is 188 Å². The summed E-state index contributed by atoms with van der Waals surface area (Å²) < 4.78 is 24.7. The molecule has 0 unspecified atom stereocenters. The minimum absolute atomic E-state index is 0.0502. The largest absolute Gasteiger partial charge is 0.493 e. The molecule has 3 rings (SSSR count). The molecule has 4 amide bonds. The first-order chi connectivity index (χ1) is 15.2. The van der Waals surface area contributed by atoms with Crippen LogP contribution in [0.2, 0.25) is 5.02 Å². The van der Waals surface area contributed by atoms with Gasteiger partial charge in [-0.15, -0.1) is 0 Å². The number of rotatable bonds is 7. The number of methoxy groups -OCH3 is 1. The Bertz CT molecular complexity index is 1100. The number of anilines is 1. The van der Waals surface area contributed by atoms with E-state index in [4.69, 9.17) is 21.1 Å². The van der Waals surface area contributed by atoms with E-state index in [0.29, 0.717) is 17.1 Å². The third kappa shape index (κ3) is 5.17. The average Bonchev–Trinajstić information content (AvgIpc) is 2.98. The molecule has 32 heavy (non-hydrogen) atoms. The summed E-state index contributed by atoms with van der Waals surface area (Å²) in [5.74, 6) is -1.35. The first-order valence-corrected chi connectivity index (χ1v) is 10.0. The minimum Gasteiger partial charge on any atom is -0.493 e. The lowest BCUT2D eigenvalue weighted by molar-refractivity contribution is -0.127. The number of ether oxygens (including phenoxy) is 2. The van der Waals surface area contributed by atoms with Crippen LogP contribution in [-0.2, 0) is 9.59 Å². The second kappa shape index (κ2) is 9.69. The SMILES string of the molecule is COc1cc(/C=C2/NC(=O)N(CC(=O)Nc3ccccc3F)C2=O)cc(Cl)c1OC(C)C. The molecule has 0 radical (unpaired) electrons. The molecule has 2 N–H and O–H groups in total. The van der Waals surface area contributed by atoms with Crippen LogP contribution in [0.15, 0.2) is 42.1 Å². The lowest BCUT2D eigenvalue weighted by Gasteiger charge is -2.15. The number of amides is 4. The predicted octanol–water partition coefficient (Wildman–Crippen LogP) is 3.81. The van der Waals surface area contributed by atoms with Crippen molar-refractivity contribution in [1.29, 1.82) is 0 Å². The monoisotopic (exact) mass is 461 g/mol. The zero-order valence-electron chi connectivity index (χ0n) is 17.6. The number of carbonyl (C=O) groups excluding carboxylic acids is 3. The fourth-order valence-corrected chi connectivity index (χ4v) is 3.21. The minimum atomic E-state index is -0.775. The lowest BCUT2D eigenvalue weighted by Crippen LogP contribution is -2.38. The van der Waals surface area contributed by atoms with E-state index in [1.807, 2.05) is 13.8 Å². The fraction of sp³-hybridized carbons (Fsp3) is 0.227. The van der Waals surface area contributed by atoms with Gasteiger partial charge in [-0.05, 0) is 49.8 Å². The van der Waals surface area contributed by atoms with Gasteiger partial charge in [-0.2, -0.15) is 0 Å². The van der Waals surface area contributed by atoms with Gasteiger partial charge in [0.15, 0.2) is 11.5 Å². The standard InChI is InChI=1S/C22H21ClFN3O5/c1-12(2)32-20-14(23)8-13(10-18(20)31-3)9-17-21(29)27(22(30)26-17)11-19(28)25-16-7-5-4-6-15(16)24/h4-10,12H,11H2,1-3H3,(H,25,28)(H,26,30)/b17-9+. The first kappa shape index (κ1) is 23.1. The highest BCUT2D eigenvalue weighted by Crippen LogP contribution is 2.37. The predicted molar refractivity (Wildman–Crippen MR) is 117 cm³/mol. The Balaban J connectivity index is 1.77. The third-order valence-corrected chi connectivity index (χ3v) is 4.61. The fourth-order valence-electron chi connectivity index (χ4n) is 2.95. The van der Waals surface area contributed by atoms with E-state index >= 15 is 0 Å². The zero-order valence-corrected chi connectivity index (χ0v) is 18.3. The number of carbonyl (C=O) groups is 3. The van der Waals surface area contributed by atoms with Crippen LogP contribution in [0.4, 0.5) is 14.9 Å². The molecule has 2 aromatic carbocycles. The molecule has 1 aliphatic heterocycles. The molecular weight excluding hydrogens is 441 g/mol. The van der Waals surface area contributed by atoms with E-state index in [9.17, 15) is 18.8 Å². The number of para-hydroxylation sites is 1. The quantitative estimate of drug-likeness (QED) is 0.483. The second-order valence-electron chi connectivity index (χ2n) is 7.11. The van der Waals surface area contributed by atoms with Crippen molar-refractivity contribution in [2.24, 2.45) is 0 Å². The van der Waals surface area contributed by atoms with Gasteiger partial charge in [-0.25, -0.2) is 14.1 Å². The smallest absolute Gasteiger partial charge is 0.329 e. The summed E-state index contributed by atoms with van der Waals surface area (Å²) in [6.07, 6.45) is 1.27. The van der Waals surface area contributed by atoms with Crippen molar-refractivity contribution in [3.8, 4) is 11.5 Å². The molecule has 0 aromatic heterocycles. The van der Waals surface area contributed by atoms with Gasteiger partial charge in [-0.3, -0.25) is 9.59 Å². The number of nitrogens with zero attached hydrogens (tertiary/aromatic N) is 1. The van der Waals surface area contributed by atoms with Gasteiger partial charge >= 0.3 is 6.03 Å². The lowest BCUT2D eigenvalue weighted by atomic mass is 10.1. The van der Waals surface area contributed by atoms with Gasteiger partial charge in [0, 0.05) is 0 Å². The van der Waals surface area contributed by atoms with Crippen LogP contribution in [0.3, 0.4) is 0 Å². The van der Waals surface area contributed by atoms with Gasteiger partial charge in [0.2, 0.25) is 5.91 Å². The van der Waals surface area contributed by atoms with Crippen LogP contribution < -0.4 is 20.1 Å². The van der Waals surface area contributed by atoms with E-state index < -0.39 is 30.2 Å². The van der Waals surface area contributed by atoms with E-state index in [1.165, 1.54) is 31.4 Å². The zero-order chi connectivity index (χ0) is 23.4. The molecule has 1 heterocycles. The number of hydrogen-bond acceptors (Lipinski definition) is 5. The molecular formula is C22H21ClFN3O5. The van der Waals surface area contributed by atoms with E-state index in [1.54, 1.807) is 18.2 Å². The number of nitrogens with one attached hydrogen (secondary N) is 2. The van der Waals surface area contributed by atoms with Crippen molar-refractivity contribution >= 4 is 41.2 Å². The van der Waals surface area contributed by atoms with Gasteiger partial charge < -0.3 is 20.1 Å². The van der Waals surface area contributed by atoms with Crippen LogP contribution in [-0.4, -0.2) is 42.5 Å². The van der Waals surface area contributed by atoms with E-state index in [-0.39, 0.29) is 22.5 Å². The molecule has 10 heteroatoms. The summed E-state index contributed by atoms with van der Waals surface area (Å²) in [5.41, 5.74) is 0.374. The number of benzene rings is 2. The molecule has 0 spiro atoms. The maximum atomic E-state index is 13.7. The summed E-state index contributed by atoms with van der Waals surface area (Å²) in [6.45, 7) is 3.10. The summed E-state index contributed by atoms with van der Waals surface area (Å²) in [4.78, 5) is 37.8. The Hall–Kier alpha value is -3.59. The first-order valence-electron chi connectivity index (χ1n) is 9.62. The molecule has 0 saturated carbocycles. The maximum Gasteiger partial charge on any atom is 0.329 e. The normalized spacial score (nSPS) is 14.7. The number of imide groups is 1. The van der Waals surface area contributed by atoms with Crippen molar-refractivity contribution in [2.45, 2.75) is 20.0 Å². The molecule has 168 valence electrons. The molecule has 1 saturated heterocycles. The van der Waals surface area contributed by atoms with Crippen molar-refractivity contribution in [2.75, 3.05) is 19.0 Å². The Morgan fingerprint density at radius 3 is 2.66 bits per heavy atom. The highest BCUT2D eigenvalue weighted by Gasteiger charge is 2.35. The molecule has 1 fully saturated rings. The van der Waals surface area contributed by atoms with Gasteiger partial charge in [0.1, 0.15) is 18.1 Å². The molecule has 1 aliphatic rings. The molecule has 0 bridgehead atoms. The van der Waals surface area contributed by atoms with Crippen molar-refractivity contribution in [1.82, 2.24) is 10.2 Å². The maximum absolute atomic E-state index is 13.7. The van der Waals surface area contributed by atoms with Crippen LogP contribution in [0.1, 0.15) is 19.4 Å². The molecule has 0 atom stereocenters. The Morgan fingerprint density at radius 1 is 1.28 bits per heavy atom. The average molecular weight is 462 g/mol. The summed E-state index contributed by atoms with van der Waals surface area (Å²) in [7, 11) is 1.45. The highest BCUT2D eigenvalue weighted by molar-refractivity contribution is 6.32. The second-order valence-corrected chi connectivity index (χ2v) is 7.52. The van der Waals surface area contributed by atoms with E-state index in [2.05, 4.69) is 10.6 Å². The van der Waals surface area contributed by atoms with Gasteiger partial charge in [0.25, 0.3) is 5.91 Å². The van der Waals surface area contributed by atoms with Gasteiger partial charge in [0.05, 0.1) is 23.9 Å². The highest BCUT2D eigenvalue weighted by atomic mass is 35.5. The topological polar surface area (TPSA) is 97.0 Å². The third-order valence-electron chi connectivity index (χ3n) is 4.33. The van der Waals surface area contributed by atoms with Gasteiger partial charge in [-0.1, -0.05) is 23.7 Å². The van der Waals surface area contributed by atoms with Crippen LogP contribution in [0, 0.1) is 5.82 Å². The van der Waals surface area contributed by atoms with Crippen molar-refractivity contribution < 1.29 is 28.2 Å². The Kier molecular flexibility index (Phi) is 6.99. The van der Waals surface area contributed by atoms with Crippen LogP contribution in [0.5, 0.6) is 11.5 Å². The summed E-state index contributed by atoms with van der Waals surface area (Å²) >= 11 is 6.29. The molecule has 8 nitrogen and oxygen atoms in total. The van der Waals surface area contributed by atoms with Crippen LogP contribution >= 0.6 is 11.6 Å². The summed E-state index contributed by atoms with van der Waals surface area (Å²) in [6, 6.07) is 7.95. The van der Waals surface area contributed by atoms with Crippen molar-refractivity contribution in [3.63, 3.8) is 0 Å². The number of halogens is 2. The van der Waals surface area contributed by atoms with E-state index in [0.717, 1.165) is 4.90 Å². The molecule has 2 aromatic rings. The molecule has 0 aliphatic carbocycles. The summed E-state index contributed by atoms with van der Waals surface area (Å²) in [5, 5.41) is 5.01. The van der Waals surface area contributed by atoms with Crippen molar-refractivity contribution in [3.05, 3.63) is 58.5 Å². The number of hydrogen-bond donors (Lipinski definition) is 2. The van der Waals surface area contributed by atoms with Crippen LogP contribution in [0.25, 0.3) is 6.08 Å². The Morgan fingerprint density at radius 2 is 2.00 bits per heavy atom. The number of urea groups is 1.